The molecule has 3 aromatic carbocycles. The Hall–Kier alpha value is -4.68. The number of alkyl halides is 6. The SMILES string of the molecule is COC(=O)C1=C(Nc2cccc(C(F)(F)F)c2)C(=O)N(c2cccc(C(F)(F)F)c2)C1c1ccc(O)c(OC)c1. The molecule has 210 valence electrons. The molecule has 1 aliphatic rings. The first-order chi connectivity index (χ1) is 18.8. The van der Waals surface area contributed by atoms with Crippen molar-refractivity contribution < 1.29 is 50.5 Å². The third kappa shape index (κ3) is 5.40. The van der Waals surface area contributed by atoms with Crippen molar-refractivity contribution in [1.29, 1.82) is 0 Å². The fourth-order valence-corrected chi connectivity index (χ4v) is 4.26. The molecule has 0 aromatic heterocycles. The number of hydrogen-bond acceptors (Lipinski definition) is 6. The molecule has 0 radical (unpaired) electrons. The van der Waals surface area contributed by atoms with E-state index in [1.807, 2.05) is 0 Å². The first-order valence-electron chi connectivity index (χ1n) is 11.4. The van der Waals surface area contributed by atoms with Gasteiger partial charge in [0.1, 0.15) is 5.70 Å². The average Bonchev–Trinajstić information content (AvgIpc) is 3.19. The second kappa shape index (κ2) is 10.5. The van der Waals surface area contributed by atoms with Gasteiger partial charge in [0.2, 0.25) is 0 Å². The lowest BCUT2D eigenvalue weighted by atomic mass is 9.97. The van der Waals surface area contributed by atoms with E-state index in [9.17, 15) is 41.0 Å². The third-order valence-electron chi connectivity index (χ3n) is 6.07. The number of esters is 1. The number of benzene rings is 3. The molecule has 1 heterocycles. The number of phenols is 1. The maximum Gasteiger partial charge on any atom is 0.416 e. The minimum atomic E-state index is -4.77. The van der Waals surface area contributed by atoms with Crippen molar-refractivity contribution in [1.82, 2.24) is 0 Å². The Morgan fingerprint density at radius 3 is 2.12 bits per heavy atom. The van der Waals surface area contributed by atoms with Crippen molar-refractivity contribution in [3.05, 3.63) is 94.7 Å². The second-order valence-electron chi connectivity index (χ2n) is 8.54. The van der Waals surface area contributed by atoms with Crippen LogP contribution in [0.1, 0.15) is 22.7 Å². The Morgan fingerprint density at radius 2 is 1.52 bits per heavy atom. The molecule has 13 heteroatoms. The van der Waals surface area contributed by atoms with Crippen LogP contribution in [-0.2, 0) is 26.7 Å². The fourth-order valence-electron chi connectivity index (χ4n) is 4.26. The van der Waals surface area contributed by atoms with Crippen molar-refractivity contribution in [3.8, 4) is 11.5 Å². The van der Waals surface area contributed by atoms with Crippen LogP contribution in [0.4, 0.5) is 37.7 Å². The summed E-state index contributed by atoms with van der Waals surface area (Å²) < 4.78 is 90.5. The topological polar surface area (TPSA) is 88.1 Å². The van der Waals surface area contributed by atoms with E-state index in [-0.39, 0.29) is 28.4 Å². The zero-order valence-corrected chi connectivity index (χ0v) is 20.7. The molecule has 40 heavy (non-hydrogen) atoms. The monoisotopic (exact) mass is 566 g/mol. The summed E-state index contributed by atoms with van der Waals surface area (Å²) in [5.41, 5.74) is -3.39. The summed E-state index contributed by atoms with van der Waals surface area (Å²) in [6.07, 6.45) is -9.49. The lowest BCUT2D eigenvalue weighted by Gasteiger charge is -2.27. The minimum absolute atomic E-state index is 0.0718. The summed E-state index contributed by atoms with van der Waals surface area (Å²) in [6, 6.07) is 9.92. The molecule has 1 atom stereocenters. The number of nitrogens with zero attached hydrogens (tertiary/aromatic N) is 1. The van der Waals surface area contributed by atoms with Crippen LogP contribution in [0.3, 0.4) is 0 Å². The van der Waals surface area contributed by atoms with Crippen molar-refractivity contribution in [2.24, 2.45) is 0 Å². The maximum atomic E-state index is 13.8. The Morgan fingerprint density at radius 1 is 0.900 bits per heavy atom. The quantitative estimate of drug-likeness (QED) is 0.279. The minimum Gasteiger partial charge on any atom is -0.504 e. The number of phenolic OH excluding ortho intramolecular Hbond substituents is 1. The van der Waals surface area contributed by atoms with Gasteiger partial charge >= 0.3 is 18.3 Å². The molecule has 7 nitrogen and oxygen atoms in total. The highest BCUT2D eigenvalue weighted by atomic mass is 19.4. The molecule has 1 unspecified atom stereocenters. The number of hydrogen-bond donors (Lipinski definition) is 2. The lowest BCUT2D eigenvalue weighted by Crippen LogP contribution is -2.32. The van der Waals surface area contributed by atoms with Gasteiger partial charge in [0, 0.05) is 11.4 Å². The lowest BCUT2D eigenvalue weighted by molar-refractivity contribution is -0.138. The first kappa shape index (κ1) is 28.3. The number of anilines is 2. The van der Waals surface area contributed by atoms with E-state index < -0.39 is 52.7 Å². The number of aromatic hydroxyl groups is 1. The van der Waals surface area contributed by atoms with Crippen LogP contribution in [0.25, 0.3) is 0 Å². The van der Waals surface area contributed by atoms with Gasteiger partial charge in [-0.1, -0.05) is 18.2 Å². The van der Waals surface area contributed by atoms with Gasteiger partial charge in [-0.3, -0.25) is 9.69 Å². The molecule has 1 amide bonds. The fraction of sp³-hybridized carbons (Fsp3) is 0.185. The van der Waals surface area contributed by atoms with Crippen LogP contribution >= 0.6 is 0 Å². The van der Waals surface area contributed by atoms with Gasteiger partial charge in [-0.2, -0.15) is 26.3 Å². The van der Waals surface area contributed by atoms with E-state index in [2.05, 4.69) is 5.32 Å². The number of methoxy groups -OCH3 is 2. The molecule has 0 saturated carbocycles. The van der Waals surface area contributed by atoms with Crippen LogP contribution in [0.5, 0.6) is 11.5 Å². The second-order valence-corrected chi connectivity index (χ2v) is 8.54. The Labute approximate surface area is 223 Å². The molecule has 0 fully saturated rings. The number of amides is 1. The van der Waals surface area contributed by atoms with Crippen molar-refractivity contribution >= 4 is 23.3 Å². The van der Waals surface area contributed by atoms with E-state index in [0.717, 1.165) is 36.3 Å². The van der Waals surface area contributed by atoms with E-state index in [1.54, 1.807) is 0 Å². The predicted molar refractivity (Wildman–Crippen MR) is 130 cm³/mol. The van der Waals surface area contributed by atoms with Crippen LogP contribution in [0.15, 0.2) is 78.0 Å². The van der Waals surface area contributed by atoms with Crippen molar-refractivity contribution in [3.63, 3.8) is 0 Å². The van der Waals surface area contributed by atoms with Gasteiger partial charge in [0.25, 0.3) is 5.91 Å². The molecule has 2 N–H and O–H groups in total. The van der Waals surface area contributed by atoms with Gasteiger partial charge in [0.05, 0.1) is 37.0 Å². The summed E-state index contributed by atoms with van der Waals surface area (Å²) in [4.78, 5) is 27.7. The van der Waals surface area contributed by atoms with E-state index in [1.165, 1.54) is 37.4 Å². The highest BCUT2D eigenvalue weighted by Gasteiger charge is 2.46. The highest BCUT2D eigenvalue weighted by Crippen LogP contribution is 2.45. The molecule has 3 aromatic rings. The highest BCUT2D eigenvalue weighted by molar-refractivity contribution is 6.18. The molecular formula is C27H20F6N2O5. The number of carbonyl (C=O) groups is 2. The Balaban J connectivity index is 1.95. The van der Waals surface area contributed by atoms with Crippen LogP contribution < -0.4 is 15.0 Å². The summed E-state index contributed by atoms with van der Waals surface area (Å²) in [7, 11) is 2.24. The molecule has 0 bridgehead atoms. The van der Waals surface area contributed by atoms with E-state index in [4.69, 9.17) is 9.47 Å². The van der Waals surface area contributed by atoms with Gasteiger partial charge in [0.15, 0.2) is 11.5 Å². The summed E-state index contributed by atoms with van der Waals surface area (Å²) in [5, 5.41) is 12.6. The van der Waals surface area contributed by atoms with Gasteiger partial charge in [-0.15, -0.1) is 0 Å². The zero-order chi connectivity index (χ0) is 29.4. The van der Waals surface area contributed by atoms with Gasteiger partial charge in [-0.25, -0.2) is 4.79 Å². The number of ether oxygens (including phenoxy) is 2. The predicted octanol–water partition coefficient (Wildman–Crippen LogP) is 6.07. The average molecular weight is 566 g/mol. The van der Waals surface area contributed by atoms with Crippen molar-refractivity contribution in [2.45, 2.75) is 18.4 Å². The number of carbonyl (C=O) groups excluding carboxylic acids is 2. The standard InChI is InChI=1S/C27H20F6N2O5/c1-39-20-11-14(9-10-19(20)36)23-21(25(38)40-2)22(34-17-7-3-5-15(12-17)26(28,29)30)24(37)35(23)18-8-4-6-16(13-18)27(31,32)33/h3-13,23,34,36H,1-2H3. The van der Waals surface area contributed by atoms with E-state index >= 15 is 0 Å². The first-order valence-corrected chi connectivity index (χ1v) is 11.4. The normalized spacial score (nSPS) is 15.8. The summed E-state index contributed by atoms with van der Waals surface area (Å²) in [6.45, 7) is 0. The Kier molecular flexibility index (Phi) is 7.42. The zero-order valence-electron chi connectivity index (χ0n) is 20.7. The van der Waals surface area contributed by atoms with E-state index in [0.29, 0.717) is 12.1 Å². The summed E-state index contributed by atoms with van der Waals surface area (Å²) >= 11 is 0. The van der Waals surface area contributed by atoms with Crippen LogP contribution in [0, 0.1) is 0 Å². The largest absolute Gasteiger partial charge is 0.504 e. The maximum absolute atomic E-state index is 13.8. The number of nitrogens with one attached hydrogen (secondary N) is 1. The molecule has 0 saturated heterocycles. The number of rotatable bonds is 6. The summed E-state index contributed by atoms with van der Waals surface area (Å²) in [5.74, 6) is -2.46. The molecule has 4 rings (SSSR count). The molecule has 0 aliphatic carbocycles. The van der Waals surface area contributed by atoms with Crippen molar-refractivity contribution in [2.75, 3.05) is 24.4 Å². The van der Waals surface area contributed by atoms with Gasteiger partial charge < -0.3 is 19.9 Å². The van der Waals surface area contributed by atoms with Crippen LogP contribution in [-0.4, -0.2) is 31.2 Å². The van der Waals surface area contributed by atoms with Gasteiger partial charge in [-0.05, 0) is 54.1 Å². The third-order valence-corrected chi connectivity index (χ3v) is 6.07. The molecular weight excluding hydrogens is 546 g/mol. The Bertz CT molecular complexity index is 1500. The molecule has 1 aliphatic heterocycles. The molecule has 0 spiro atoms. The van der Waals surface area contributed by atoms with Crippen LogP contribution in [0.2, 0.25) is 0 Å². The smallest absolute Gasteiger partial charge is 0.416 e. The number of halogens is 6.